The lowest BCUT2D eigenvalue weighted by Gasteiger charge is -2.05. The molecule has 0 unspecified atom stereocenters. The van der Waals surface area contributed by atoms with Crippen LogP contribution in [0.25, 0.3) is 11.3 Å². The number of benzene rings is 3. The number of nitrogens with zero attached hydrogens (tertiary/aromatic N) is 3. The molecule has 1 aromatic heterocycles. The Morgan fingerprint density at radius 3 is 2.53 bits per heavy atom. The predicted octanol–water partition coefficient (Wildman–Crippen LogP) is 5.96. The Morgan fingerprint density at radius 2 is 1.77 bits per heavy atom. The van der Waals surface area contributed by atoms with Gasteiger partial charge in [0.25, 0.3) is 5.69 Å². The highest BCUT2D eigenvalue weighted by molar-refractivity contribution is 7.14. The maximum atomic E-state index is 10.8. The van der Waals surface area contributed by atoms with E-state index in [0.29, 0.717) is 5.13 Å². The van der Waals surface area contributed by atoms with Crippen molar-refractivity contribution in [3.8, 4) is 22.8 Å². The van der Waals surface area contributed by atoms with Gasteiger partial charge in [0.05, 0.1) is 16.8 Å². The molecule has 0 amide bonds. The molecule has 30 heavy (non-hydrogen) atoms. The van der Waals surface area contributed by atoms with Gasteiger partial charge in [-0.15, -0.1) is 11.3 Å². The van der Waals surface area contributed by atoms with E-state index in [9.17, 15) is 10.1 Å². The topological polar surface area (TPSA) is 89.7 Å². The molecule has 4 aromatic rings. The first kappa shape index (κ1) is 19.3. The van der Waals surface area contributed by atoms with Gasteiger partial charge in [-0.25, -0.2) is 4.98 Å². The summed E-state index contributed by atoms with van der Waals surface area (Å²) in [6, 6.07) is 23.5. The first-order valence-corrected chi connectivity index (χ1v) is 9.88. The highest BCUT2D eigenvalue weighted by Gasteiger charge is 2.08. The van der Waals surface area contributed by atoms with Gasteiger partial charge in [0.1, 0.15) is 11.5 Å². The van der Waals surface area contributed by atoms with Gasteiger partial charge < -0.3 is 4.74 Å². The normalized spacial score (nSPS) is 10.8. The van der Waals surface area contributed by atoms with Gasteiger partial charge in [-0.1, -0.05) is 30.3 Å². The number of hydrazone groups is 1. The minimum absolute atomic E-state index is 0.0513. The molecule has 0 bridgehead atoms. The highest BCUT2D eigenvalue weighted by atomic mass is 32.1. The van der Waals surface area contributed by atoms with Crippen molar-refractivity contribution in [3.63, 3.8) is 0 Å². The summed E-state index contributed by atoms with van der Waals surface area (Å²) in [5, 5.41) is 17.5. The van der Waals surface area contributed by atoms with Crippen LogP contribution in [0.15, 0.2) is 89.3 Å². The van der Waals surface area contributed by atoms with Crippen molar-refractivity contribution in [2.75, 3.05) is 5.43 Å². The first-order valence-electron chi connectivity index (χ1n) is 9.00. The molecule has 1 heterocycles. The Labute approximate surface area is 176 Å². The zero-order valence-electron chi connectivity index (χ0n) is 15.6. The third kappa shape index (κ3) is 4.86. The third-order valence-electron chi connectivity index (χ3n) is 4.09. The van der Waals surface area contributed by atoms with E-state index >= 15 is 0 Å². The standard InChI is InChI=1S/C22H16N4O3S/c27-26(28)18-11-9-17(10-12-18)21-15-30-22(24-21)25-23-14-16-5-4-8-20(13-16)29-19-6-2-1-3-7-19/h1-15H,(H,24,25)/b23-14+. The van der Waals surface area contributed by atoms with Crippen molar-refractivity contribution < 1.29 is 9.66 Å². The third-order valence-corrected chi connectivity index (χ3v) is 4.84. The van der Waals surface area contributed by atoms with Crippen LogP contribution < -0.4 is 10.2 Å². The molecular formula is C22H16N4O3S. The Kier molecular flexibility index (Phi) is 5.77. The average Bonchev–Trinajstić information content (AvgIpc) is 3.24. The molecule has 0 aliphatic heterocycles. The molecule has 0 radical (unpaired) electrons. The smallest absolute Gasteiger partial charge is 0.269 e. The van der Waals surface area contributed by atoms with Gasteiger partial charge >= 0.3 is 0 Å². The van der Waals surface area contributed by atoms with Crippen LogP contribution in [-0.2, 0) is 0 Å². The van der Waals surface area contributed by atoms with Crippen molar-refractivity contribution >= 4 is 28.4 Å². The summed E-state index contributed by atoms with van der Waals surface area (Å²) >= 11 is 1.40. The number of hydrogen-bond donors (Lipinski definition) is 1. The minimum Gasteiger partial charge on any atom is -0.457 e. The quantitative estimate of drug-likeness (QED) is 0.228. The second-order valence-corrected chi connectivity index (χ2v) is 7.06. The lowest BCUT2D eigenvalue weighted by molar-refractivity contribution is -0.384. The molecular weight excluding hydrogens is 400 g/mol. The fourth-order valence-electron chi connectivity index (χ4n) is 2.66. The summed E-state index contributed by atoms with van der Waals surface area (Å²) in [5.74, 6) is 1.49. The van der Waals surface area contributed by atoms with Gasteiger partial charge in [-0.3, -0.25) is 15.5 Å². The summed E-state index contributed by atoms with van der Waals surface area (Å²) < 4.78 is 5.82. The Hall–Kier alpha value is -4.04. The van der Waals surface area contributed by atoms with Crippen LogP contribution in [0.1, 0.15) is 5.56 Å². The van der Waals surface area contributed by atoms with Crippen molar-refractivity contribution in [2.45, 2.75) is 0 Å². The Balaban J connectivity index is 1.39. The Morgan fingerprint density at radius 1 is 1.00 bits per heavy atom. The molecule has 0 spiro atoms. The first-order chi connectivity index (χ1) is 14.7. The predicted molar refractivity (Wildman–Crippen MR) is 118 cm³/mol. The molecule has 0 saturated heterocycles. The van der Waals surface area contributed by atoms with Crippen LogP contribution in [0.5, 0.6) is 11.5 Å². The molecule has 8 heteroatoms. The molecule has 0 saturated carbocycles. The van der Waals surface area contributed by atoms with Gasteiger partial charge in [-0.2, -0.15) is 5.10 Å². The number of aromatic nitrogens is 1. The molecule has 1 N–H and O–H groups in total. The van der Waals surface area contributed by atoms with Crippen LogP contribution in [0, 0.1) is 10.1 Å². The number of rotatable bonds is 7. The zero-order valence-corrected chi connectivity index (χ0v) is 16.5. The highest BCUT2D eigenvalue weighted by Crippen LogP contribution is 2.26. The molecule has 148 valence electrons. The van der Waals surface area contributed by atoms with E-state index in [-0.39, 0.29) is 5.69 Å². The van der Waals surface area contributed by atoms with Crippen molar-refractivity contribution in [1.82, 2.24) is 4.98 Å². The van der Waals surface area contributed by atoms with Crippen LogP contribution in [0.3, 0.4) is 0 Å². The maximum Gasteiger partial charge on any atom is 0.269 e. The second-order valence-electron chi connectivity index (χ2n) is 6.20. The number of hydrogen-bond acceptors (Lipinski definition) is 7. The van der Waals surface area contributed by atoms with Crippen LogP contribution in [-0.4, -0.2) is 16.1 Å². The number of nitro groups is 1. The van der Waals surface area contributed by atoms with Crippen molar-refractivity contribution in [1.29, 1.82) is 0 Å². The summed E-state index contributed by atoms with van der Waals surface area (Å²) in [6.07, 6.45) is 1.69. The van der Waals surface area contributed by atoms with Crippen molar-refractivity contribution in [3.05, 3.63) is 99.9 Å². The number of nitro benzene ring substituents is 1. The van der Waals surface area contributed by atoms with Crippen LogP contribution in [0.2, 0.25) is 0 Å². The van der Waals surface area contributed by atoms with E-state index in [0.717, 1.165) is 28.3 Å². The summed E-state index contributed by atoms with van der Waals surface area (Å²) in [5.41, 5.74) is 5.37. The fourth-order valence-corrected chi connectivity index (χ4v) is 3.33. The van der Waals surface area contributed by atoms with E-state index in [1.807, 2.05) is 60.0 Å². The SMILES string of the molecule is O=[N+]([O-])c1ccc(-c2csc(N/N=C/c3cccc(Oc4ccccc4)c3)n2)cc1. The van der Waals surface area contributed by atoms with Gasteiger partial charge in [-0.05, 0) is 42.0 Å². The molecule has 3 aromatic carbocycles. The molecule has 7 nitrogen and oxygen atoms in total. The summed E-state index contributed by atoms with van der Waals surface area (Å²) in [4.78, 5) is 14.8. The number of anilines is 1. The summed E-state index contributed by atoms with van der Waals surface area (Å²) in [7, 11) is 0. The number of thiazole rings is 1. The number of para-hydroxylation sites is 1. The maximum absolute atomic E-state index is 10.8. The minimum atomic E-state index is -0.424. The fraction of sp³-hybridized carbons (Fsp3) is 0. The van der Waals surface area contributed by atoms with Gasteiger partial charge in [0.15, 0.2) is 0 Å². The molecule has 0 aliphatic rings. The molecule has 0 aliphatic carbocycles. The monoisotopic (exact) mass is 416 g/mol. The van der Waals surface area contributed by atoms with E-state index < -0.39 is 4.92 Å². The van der Waals surface area contributed by atoms with Crippen LogP contribution >= 0.6 is 11.3 Å². The molecule has 0 atom stereocenters. The molecule has 4 rings (SSSR count). The Bertz CT molecular complexity index is 1170. The zero-order chi connectivity index (χ0) is 20.8. The second kappa shape index (κ2) is 8.97. The number of ether oxygens (including phenoxy) is 1. The van der Waals surface area contributed by atoms with E-state index in [1.54, 1.807) is 18.3 Å². The number of nitrogens with one attached hydrogen (secondary N) is 1. The van der Waals surface area contributed by atoms with Crippen molar-refractivity contribution in [2.24, 2.45) is 5.10 Å². The van der Waals surface area contributed by atoms with E-state index in [4.69, 9.17) is 4.74 Å². The van der Waals surface area contributed by atoms with Gasteiger partial charge in [0.2, 0.25) is 5.13 Å². The number of non-ortho nitro benzene ring substituents is 1. The largest absolute Gasteiger partial charge is 0.457 e. The average molecular weight is 416 g/mol. The van der Waals surface area contributed by atoms with E-state index in [1.165, 1.54) is 23.5 Å². The van der Waals surface area contributed by atoms with E-state index in [2.05, 4.69) is 15.5 Å². The van der Waals surface area contributed by atoms with Crippen LogP contribution in [0.4, 0.5) is 10.8 Å². The van der Waals surface area contributed by atoms with Gasteiger partial charge in [0, 0.05) is 23.1 Å². The summed E-state index contributed by atoms with van der Waals surface area (Å²) in [6.45, 7) is 0. The lowest BCUT2D eigenvalue weighted by Crippen LogP contribution is -1.91. The molecule has 0 fully saturated rings. The lowest BCUT2D eigenvalue weighted by atomic mass is 10.1.